The van der Waals surface area contributed by atoms with Gasteiger partial charge in [0.2, 0.25) is 0 Å². The van der Waals surface area contributed by atoms with Crippen LogP contribution in [0.15, 0.2) is 22.7 Å². The lowest BCUT2D eigenvalue weighted by atomic mass is 10.3. The zero-order valence-electron chi connectivity index (χ0n) is 9.95. The summed E-state index contributed by atoms with van der Waals surface area (Å²) in [4.78, 5) is 17.8. The molecule has 0 saturated heterocycles. The van der Waals surface area contributed by atoms with Gasteiger partial charge in [0, 0.05) is 15.0 Å². The number of aryl methyl sites for hydroxylation is 2. The summed E-state index contributed by atoms with van der Waals surface area (Å²) in [5.41, 5.74) is 7.20. The number of rotatable bonds is 2. The van der Waals surface area contributed by atoms with Gasteiger partial charge in [-0.3, -0.25) is 4.79 Å². The molecule has 0 saturated carbocycles. The highest BCUT2D eigenvalue weighted by atomic mass is 79.9. The standard InChI is InChI=1S/C12H12BrN3OS/c1-6-8(13)3-4-11(15-6)16-12(17)10-5-9(14)7(2)18-10/h3-5H,14H2,1-2H3,(H,15,16,17). The van der Waals surface area contributed by atoms with E-state index in [2.05, 4.69) is 26.2 Å². The molecular formula is C12H12BrN3OS. The number of pyridine rings is 1. The predicted octanol–water partition coefficient (Wildman–Crippen LogP) is 3.36. The van der Waals surface area contributed by atoms with Crippen LogP contribution in [0.5, 0.6) is 0 Å². The second kappa shape index (κ2) is 5.07. The smallest absolute Gasteiger partial charge is 0.266 e. The maximum absolute atomic E-state index is 12.0. The molecule has 6 heteroatoms. The van der Waals surface area contributed by atoms with Crippen LogP contribution < -0.4 is 11.1 Å². The van der Waals surface area contributed by atoms with Gasteiger partial charge in [-0.15, -0.1) is 11.3 Å². The molecule has 0 atom stereocenters. The van der Waals surface area contributed by atoms with Gasteiger partial charge in [-0.1, -0.05) is 0 Å². The second-order valence-corrected chi connectivity index (χ2v) is 5.95. The van der Waals surface area contributed by atoms with Gasteiger partial charge < -0.3 is 11.1 Å². The van der Waals surface area contributed by atoms with E-state index in [4.69, 9.17) is 5.73 Å². The fraction of sp³-hybridized carbons (Fsp3) is 0.167. The molecule has 0 spiro atoms. The van der Waals surface area contributed by atoms with Crippen LogP contribution in [0.4, 0.5) is 11.5 Å². The van der Waals surface area contributed by atoms with E-state index in [0.717, 1.165) is 15.0 Å². The zero-order valence-corrected chi connectivity index (χ0v) is 12.4. The van der Waals surface area contributed by atoms with E-state index in [0.29, 0.717) is 16.4 Å². The Hall–Kier alpha value is -1.40. The fourth-order valence-electron chi connectivity index (χ4n) is 1.40. The Bertz CT molecular complexity index is 590. The molecule has 0 unspecified atom stereocenters. The minimum Gasteiger partial charge on any atom is -0.398 e. The number of nitrogen functional groups attached to an aromatic ring is 1. The Labute approximate surface area is 117 Å². The summed E-state index contributed by atoms with van der Waals surface area (Å²) in [5, 5.41) is 2.75. The van der Waals surface area contributed by atoms with Crippen molar-refractivity contribution in [2.45, 2.75) is 13.8 Å². The number of thiophene rings is 1. The van der Waals surface area contributed by atoms with Crippen molar-refractivity contribution in [3.63, 3.8) is 0 Å². The molecule has 2 rings (SSSR count). The molecule has 3 N–H and O–H groups in total. The topological polar surface area (TPSA) is 68.0 Å². The van der Waals surface area contributed by atoms with Gasteiger partial charge in [0.15, 0.2) is 0 Å². The summed E-state index contributed by atoms with van der Waals surface area (Å²) in [7, 11) is 0. The van der Waals surface area contributed by atoms with Crippen molar-refractivity contribution in [1.29, 1.82) is 0 Å². The number of anilines is 2. The third-order valence-electron chi connectivity index (χ3n) is 2.44. The van der Waals surface area contributed by atoms with Crippen molar-refractivity contribution in [1.82, 2.24) is 4.98 Å². The van der Waals surface area contributed by atoms with E-state index in [1.807, 2.05) is 19.9 Å². The third-order valence-corrected chi connectivity index (χ3v) is 4.35. The van der Waals surface area contributed by atoms with Crippen LogP contribution in [0.3, 0.4) is 0 Å². The zero-order chi connectivity index (χ0) is 13.3. The minimum atomic E-state index is -0.186. The van der Waals surface area contributed by atoms with Crippen LogP contribution in [-0.2, 0) is 0 Å². The van der Waals surface area contributed by atoms with Crippen molar-refractivity contribution in [3.8, 4) is 0 Å². The normalized spacial score (nSPS) is 10.4. The quantitative estimate of drug-likeness (QED) is 0.889. The molecule has 94 valence electrons. The number of nitrogens with one attached hydrogen (secondary N) is 1. The van der Waals surface area contributed by atoms with Gasteiger partial charge in [-0.2, -0.15) is 0 Å². The summed E-state index contributed by atoms with van der Waals surface area (Å²) < 4.78 is 0.914. The van der Waals surface area contributed by atoms with Crippen molar-refractivity contribution in [3.05, 3.63) is 38.1 Å². The number of hydrogen-bond donors (Lipinski definition) is 2. The lowest BCUT2D eigenvalue weighted by molar-refractivity contribution is 0.103. The summed E-state index contributed by atoms with van der Waals surface area (Å²) in [6.45, 7) is 3.76. The monoisotopic (exact) mass is 325 g/mol. The van der Waals surface area contributed by atoms with Gasteiger partial charge in [-0.25, -0.2) is 4.98 Å². The van der Waals surface area contributed by atoms with Crippen LogP contribution in [0.1, 0.15) is 20.2 Å². The molecule has 0 aliphatic heterocycles. The van der Waals surface area contributed by atoms with Crippen molar-refractivity contribution >= 4 is 44.7 Å². The van der Waals surface area contributed by atoms with Crippen molar-refractivity contribution < 1.29 is 4.79 Å². The number of carbonyl (C=O) groups is 1. The van der Waals surface area contributed by atoms with Gasteiger partial charge in [0.25, 0.3) is 5.91 Å². The Morgan fingerprint density at radius 3 is 2.72 bits per heavy atom. The van der Waals surface area contributed by atoms with E-state index < -0.39 is 0 Å². The number of hydrogen-bond acceptors (Lipinski definition) is 4. The SMILES string of the molecule is Cc1nc(NC(=O)c2cc(N)c(C)s2)ccc1Br. The first-order valence-electron chi connectivity index (χ1n) is 5.28. The first-order chi connectivity index (χ1) is 8.47. The predicted molar refractivity (Wildman–Crippen MR) is 78.1 cm³/mol. The third kappa shape index (κ3) is 2.70. The first kappa shape index (κ1) is 13.0. The minimum absolute atomic E-state index is 0.186. The van der Waals surface area contributed by atoms with Crippen molar-refractivity contribution in [2.24, 2.45) is 0 Å². The summed E-state index contributed by atoms with van der Waals surface area (Å²) in [5.74, 6) is 0.347. The first-order valence-corrected chi connectivity index (χ1v) is 6.88. The van der Waals surface area contributed by atoms with Gasteiger partial charge in [0.1, 0.15) is 5.82 Å². The molecule has 1 amide bonds. The molecule has 0 aromatic carbocycles. The molecular weight excluding hydrogens is 314 g/mol. The molecule has 0 fully saturated rings. The molecule has 0 aliphatic rings. The van der Waals surface area contributed by atoms with E-state index in [1.54, 1.807) is 12.1 Å². The molecule has 2 heterocycles. The number of carbonyl (C=O) groups excluding carboxylic acids is 1. The van der Waals surface area contributed by atoms with Gasteiger partial charge in [-0.05, 0) is 48.0 Å². The fourth-order valence-corrected chi connectivity index (χ4v) is 2.46. The van der Waals surface area contributed by atoms with E-state index in [-0.39, 0.29) is 5.91 Å². The van der Waals surface area contributed by atoms with Crippen LogP contribution in [0, 0.1) is 13.8 Å². The Kier molecular flexibility index (Phi) is 3.68. The Balaban J connectivity index is 2.18. The lowest BCUT2D eigenvalue weighted by Gasteiger charge is -2.04. The Morgan fingerprint density at radius 1 is 1.44 bits per heavy atom. The summed E-state index contributed by atoms with van der Waals surface area (Å²) in [6.07, 6.45) is 0. The lowest BCUT2D eigenvalue weighted by Crippen LogP contribution is -2.11. The maximum atomic E-state index is 12.0. The maximum Gasteiger partial charge on any atom is 0.266 e. The molecule has 4 nitrogen and oxygen atoms in total. The van der Waals surface area contributed by atoms with Gasteiger partial charge >= 0.3 is 0 Å². The highest BCUT2D eigenvalue weighted by molar-refractivity contribution is 9.10. The highest BCUT2D eigenvalue weighted by Crippen LogP contribution is 2.24. The largest absolute Gasteiger partial charge is 0.398 e. The molecule has 0 bridgehead atoms. The average Bonchev–Trinajstić information content (AvgIpc) is 2.65. The van der Waals surface area contributed by atoms with E-state index in [9.17, 15) is 4.79 Å². The van der Waals surface area contributed by atoms with E-state index in [1.165, 1.54) is 11.3 Å². The second-order valence-electron chi connectivity index (χ2n) is 3.84. The Morgan fingerprint density at radius 2 is 2.17 bits per heavy atom. The molecule has 0 aliphatic carbocycles. The number of halogens is 1. The van der Waals surface area contributed by atoms with Crippen LogP contribution in [0.25, 0.3) is 0 Å². The van der Waals surface area contributed by atoms with Gasteiger partial charge in [0.05, 0.1) is 10.6 Å². The number of aromatic nitrogens is 1. The summed E-state index contributed by atoms with van der Waals surface area (Å²) >= 11 is 4.74. The number of nitrogens with two attached hydrogens (primary N) is 1. The number of nitrogens with zero attached hydrogens (tertiary/aromatic N) is 1. The molecule has 18 heavy (non-hydrogen) atoms. The molecule has 2 aromatic rings. The number of amides is 1. The summed E-state index contributed by atoms with van der Waals surface area (Å²) in [6, 6.07) is 5.28. The van der Waals surface area contributed by atoms with Crippen LogP contribution >= 0.6 is 27.3 Å². The van der Waals surface area contributed by atoms with Crippen molar-refractivity contribution in [2.75, 3.05) is 11.1 Å². The van der Waals surface area contributed by atoms with E-state index >= 15 is 0 Å². The van der Waals surface area contributed by atoms with Crippen LogP contribution in [-0.4, -0.2) is 10.9 Å². The molecule has 0 radical (unpaired) electrons. The molecule has 2 aromatic heterocycles. The average molecular weight is 326 g/mol. The van der Waals surface area contributed by atoms with Crippen LogP contribution in [0.2, 0.25) is 0 Å². The highest BCUT2D eigenvalue weighted by Gasteiger charge is 2.12.